The van der Waals surface area contributed by atoms with E-state index in [1.54, 1.807) is 12.1 Å². The van der Waals surface area contributed by atoms with Crippen LogP contribution in [0.15, 0.2) is 34.1 Å². The van der Waals surface area contributed by atoms with Gasteiger partial charge in [0.2, 0.25) is 5.78 Å². The van der Waals surface area contributed by atoms with Crippen molar-refractivity contribution in [3.8, 4) is 0 Å². The van der Waals surface area contributed by atoms with Gasteiger partial charge in [-0.25, -0.2) is 0 Å². The van der Waals surface area contributed by atoms with Gasteiger partial charge in [0, 0.05) is 10.6 Å². The zero-order valence-corrected chi connectivity index (χ0v) is 11.6. The van der Waals surface area contributed by atoms with E-state index in [1.807, 2.05) is 25.1 Å². The van der Waals surface area contributed by atoms with Crippen LogP contribution in [0.3, 0.4) is 0 Å². The molecule has 1 heterocycles. The van der Waals surface area contributed by atoms with Crippen LogP contribution in [0, 0.1) is 6.92 Å². The molecule has 0 aliphatic rings. The fourth-order valence-electron chi connectivity index (χ4n) is 1.41. The molecule has 0 saturated heterocycles. The molecular formula is C12H8BrClOS. The molecule has 0 spiro atoms. The molecule has 82 valence electrons. The van der Waals surface area contributed by atoms with Crippen molar-refractivity contribution in [1.82, 2.24) is 0 Å². The third-order valence-corrected chi connectivity index (χ3v) is 4.10. The molecule has 2 aromatic rings. The van der Waals surface area contributed by atoms with E-state index in [9.17, 15) is 4.79 Å². The molecule has 0 fully saturated rings. The van der Waals surface area contributed by atoms with E-state index in [-0.39, 0.29) is 5.78 Å². The van der Waals surface area contributed by atoms with Crippen molar-refractivity contribution in [3.05, 3.63) is 55.1 Å². The maximum atomic E-state index is 12.2. The quantitative estimate of drug-likeness (QED) is 0.734. The van der Waals surface area contributed by atoms with Crippen LogP contribution < -0.4 is 0 Å². The molecule has 1 aromatic heterocycles. The Morgan fingerprint density at radius 2 is 2.06 bits per heavy atom. The first-order valence-electron chi connectivity index (χ1n) is 4.64. The van der Waals surface area contributed by atoms with Gasteiger partial charge in [0.15, 0.2) is 0 Å². The summed E-state index contributed by atoms with van der Waals surface area (Å²) in [5.74, 6) is 0.0238. The summed E-state index contributed by atoms with van der Waals surface area (Å²) in [6, 6.07) is 9.05. The maximum absolute atomic E-state index is 12.2. The molecule has 0 unspecified atom stereocenters. The Hall–Kier alpha value is -0.640. The fourth-order valence-corrected chi connectivity index (χ4v) is 2.92. The lowest BCUT2D eigenvalue weighted by Crippen LogP contribution is -2.01. The number of halogens is 2. The van der Waals surface area contributed by atoms with Gasteiger partial charge in [-0.15, -0.1) is 11.3 Å². The van der Waals surface area contributed by atoms with Gasteiger partial charge in [-0.2, -0.15) is 0 Å². The molecule has 1 aromatic carbocycles. The van der Waals surface area contributed by atoms with Crippen molar-refractivity contribution in [2.45, 2.75) is 6.92 Å². The van der Waals surface area contributed by atoms with Crippen LogP contribution in [-0.4, -0.2) is 5.78 Å². The van der Waals surface area contributed by atoms with Crippen molar-refractivity contribution in [1.29, 1.82) is 0 Å². The maximum Gasteiger partial charge on any atom is 0.203 e. The average Bonchev–Trinajstić information content (AvgIpc) is 2.67. The number of aryl methyl sites for hydroxylation is 1. The van der Waals surface area contributed by atoms with Gasteiger partial charge < -0.3 is 0 Å². The summed E-state index contributed by atoms with van der Waals surface area (Å²) in [6.45, 7) is 1.91. The van der Waals surface area contributed by atoms with E-state index in [2.05, 4.69) is 15.9 Å². The van der Waals surface area contributed by atoms with E-state index in [0.717, 1.165) is 14.2 Å². The molecule has 0 N–H and O–H groups in total. The first-order valence-corrected chi connectivity index (χ1v) is 6.63. The van der Waals surface area contributed by atoms with Gasteiger partial charge in [0.1, 0.15) is 0 Å². The standard InChI is InChI=1S/C12H8BrClOS/c1-7-2-3-8(14)6-9(7)12(15)10-4-5-11(13)16-10/h2-6H,1H3. The second-order valence-corrected chi connectivity index (χ2v) is 6.29. The molecule has 0 radical (unpaired) electrons. The Morgan fingerprint density at radius 1 is 1.31 bits per heavy atom. The molecule has 0 amide bonds. The molecule has 0 saturated carbocycles. The molecule has 2 rings (SSSR count). The van der Waals surface area contributed by atoms with Crippen molar-refractivity contribution >= 4 is 44.7 Å². The number of carbonyl (C=O) groups is 1. The second kappa shape index (κ2) is 4.70. The Balaban J connectivity index is 2.45. The summed E-state index contributed by atoms with van der Waals surface area (Å²) in [6.07, 6.45) is 0. The lowest BCUT2D eigenvalue weighted by atomic mass is 10.0. The van der Waals surface area contributed by atoms with Gasteiger partial charge in [0.05, 0.1) is 8.66 Å². The van der Waals surface area contributed by atoms with Gasteiger partial charge >= 0.3 is 0 Å². The highest BCUT2D eigenvalue weighted by Crippen LogP contribution is 2.26. The highest BCUT2D eigenvalue weighted by atomic mass is 79.9. The number of ketones is 1. The van der Waals surface area contributed by atoms with Crippen molar-refractivity contribution in [3.63, 3.8) is 0 Å². The Kier molecular flexibility index (Phi) is 3.47. The minimum atomic E-state index is 0.0238. The number of carbonyl (C=O) groups excluding carboxylic acids is 1. The van der Waals surface area contributed by atoms with E-state index >= 15 is 0 Å². The molecule has 4 heteroatoms. The van der Waals surface area contributed by atoms with Crippen molar-refractivity contribution in [2.75, 3.05) is 0 Å². The highest BCUT2D eigenvalue weighted by Gasteiger charge is 2.14. The minimum Gasteiger partial charge on any atom is -0.288 e. The fraction of sp³-hybridized carbons (Fsp3) is 0.0833. The lowest BCUT2D eigenvalue weighted by Gasteiger charge is -2.03. The predicted octanol–water partition coefficient (Wildman–Crippen LogP) is 4.70. The van der Waals surface area contributed by atoms with Gasteiger partial charge in [0.25, 0.3) is 0 Å². The molecule has 16 heavy (non-hydrogen) atoms. The van der Waals surface area contributed by atoms with Gasteiger partial charge in [-0.3, -0.25) is 4.79 Å². The molecule has 0 atom stereocenters. The number of hydrogen-bond acceptors (Lipinski definition) is 2. The molecule has 1 nitrogen and oxygen atoms in total. The monoisotopic (exact) mass is 314 g/mol. The predicted molar refractivity (Wildman–Crippen MR) is 71.6 cm³/mol. The topological polar surface area (TPSA) is 17.1 Å². The van der Waals surface area contributed by atoms with E-state index in [4.69, 9.17) is 11.6 Å². The number of hydrogen-bond donors (Lipinski definition) is 0. The summed E-state index contributed by atoms with van der Waals surface area (Å²) < 4.78 is 0.954. The van der Waals surface area contributed by atoms with E-state index in [0.29, 0.717) is 10.6 Å². The molecular weight excluding hydrogens is 308 g/mol. The third kappa shape index (κ3) is 2.37. The second-order valence-electron chi connectivity index (χ2n) is 3.39. The smallest absolute Gasteiger partial charge is 0.203 e. The van der Waals surface area contributed by atoms with Crippen LogP contribution in [0.5, 0.6) is 0 Å². The van der Waals surface area contributed by atoms with Gasteiger partial charge in [-0.05, 0) is 52.7 Å². The molecule has 0 bridgehead atoms. The Morgan fingerprint density at radius 3 is 2.69 bits per heavy atom. The Labute approximate surface area is 111 Å². The summed E-state index contributed by atoms with van der Waals surface area (Å²) in [5, 5.41) is 0.588. The summed E-state index contributed by atoms with van der Waals surface area (Å²) in [5.41, 5.74) is 1.61. The van der Waals surface area contributed by atoms with Crippen LogP contribution in [0.1, 0.15) is 20.8 Å². The lowest BCUT2D eigenvalue weighted by molar-refractivity contribution is 0.104. The van der Waals surface area contributed by atoms with Crippen LogP contribution in [-0.2, 0) is 0 Å². The number of benzene rings is 1. The summed E-state index contributed by atoms with van der Waals surface area (Å²) >= 11 is 10.7. The van der Waals surface area contributed by atoms with Crippen LogP contribution in [0.4, 0.5) is 0 Å². The van der Waals surface area contributed by atoms with E-state index < -0.39 is 0 Å². The number of rotatable bonds is 2. The molecule has 0 aliphatic heterocycles. The van der Waals surface area contributed by atoms with Crippen molar-refractivity contribution in [2.24, 2.45) is 0 Å². The first-order chi connectivity index (χ1) is 7.58. The van der Waals surface area contributed by atoms with Gasteiger partial charge in [-0.1, -0.05) is 17.7 Å². The average molecular weight is 316 g/mol. The molecule has 0 aliphatic carbocycles. The third-order valence-electron chi connectivity index (χ3n) is 2.24. The Bertz CT molecular complexity index is 548. The van der Waals surface area contributed by atoms with Crippen LogP contribution in [0.25, 0.3) is 0 Å². The normalized spacial score (nSPS) is 10.4. The minimum absolute atomic E-state index is 0.0238. The summed E-state index contributed by atoms with van der Waals surface area (Å²) in [4.78, 5) is 12.9. The van der Waals surface area contributed by atoms with E-state index in [1.165, 1.54) is 11.3 Å². The summed E-state index contributed by atoms with van der Waals surface area (Å²) in [7, 11) is 0. The zero-order chi connectivity index (χ0) is 11.7. The highest BCUT2D eigenvalue weighted by molar-refractivity contribution is 9.11. The van der Waals surface area contributed by atoms with Crippen LogP contribution in [0.2, 0.25) is 5.02 Å². The number of thiophene rings is 1. The van der Waals surface area contributed by atoms with Crippen molar-refractivity contribution < 1.29 is 4.79 Å². The SMILES string of the molecule is Cc1ccc(Cl)cc1C(=O)c1ccc(Br)s1. The zero-order valence-electron chi connectivity index (χ0n) is 8.46. The largest absolute Gasteiger partial charge is 0.288 e. The van der Waals surface area contributed by atoms with Crippen LogP contribution >= 0.6 is 38.9 Å². The first kappa shape index (κ1) is 11.8.